The van der Waals surface area contributed by atoms with Crippen molar-refractivity contribution in [3.8, 4) is 0 Å². The first kappa shape index (κ1) is 7.48. The molecule has 0 aliphatic rings. The van der Waals surface area contributed by atoms with E-state index in [0.717, 1.165) is 12.8 Å². The van der Waals surface area contributed by atoms with E-state index in [4.69, 9.17) is 6.58 Å². The molecule has 8 heavy (non-hydrogen) atoms. The van der Waals surface area contributed by atoms with Gasteiger partial charge in [0, 0.05) is 0 Å². The van der Waals surface area contributed by atoms with Crippen LogP contribution < -0.4 is 0 Å². The van der Waals surface area contributed by atoms with Crippen molar-refractivity contribution in [2.75, 3.05) is 0 Å². The molecule has 0 bridgehead atoms. The highest BCUT2D eigenvalue weighted by molar-refractivity contribution is 4.93. The number of unbranched alkanes of at least 4 members (excludes halogenated alkanes) is 1. The Hall–Kier alpha value is -0.520. The zero-order valence-electron chi connectivity index (χ0n) is 5.65. The summed E-state index contributed by atoms with van der Waals surface area (Å²) in [5.74, 6) is 0. The van der Waals surface area contributed by atoms with E-state index in [2.05, 4.69) is 19.9 Å². The summed E-state index contributed by atoms with van der Waals surface area (Å²) >= 11 is 0. The molecule has 0 aliphatic carbocycles. The summed E-state index contributed by atoms with van der Waals surface area (Å²) in [5, 5.41) is 0. The van der Waals surface area contributed by atoms with Crippen molar-refractivity contribution in [2.24, 2.45) is 0 Å². The predicted molar refractivity (Wildman–Crippen MR) is 37.5 cm³/mol. The van der Waals surface area contributed by atoms with Crippen LogP contribution in [0.1, 0.15) is 26.7 Å². The number of hydrogen-bond acceptors (Lipinski definition) is 0. The van der Waals surface area contributed by atoms with E-state index in [-0.39, 0.29) is 0 Å². The summed E-state index contributed by atoms with van der Waals surface area (Å²) in [6, 6.07) is 0. The van der Waals surface area contributed by atoms with Crippen LogP contribution in [0.25, 0.3) is 0 Å². The lowest BCUT2D eigenvalue weighted by Gasteiger charge is -1.86. The summed E-state index contributed by atoms with van der Waals surface area (Å²) in [6.07, 6.45) is 5.95. The van der Waals surface area contributed by atoms with Crippen molar-refractivity contribution in [2.45, 2.75) is 26.7 Å². The molecule has 0 amide bonds. The third-order valence-electron chi connectivity index (χ3n) is 0.886. The van der Waals surface area contributed by atoms with Gasteiger partial charge in [0.2, 0.25) is 0 Å². The minimum Gasteiger partial charge on any atom is -0.0856 e. The standard InChI is InChI=1S/C8H13/c1-4-5-6-7-8(2)3/h1,4,7H,5-6H2,2-3H3. The molecule has 0 saturated carbocycles. The summed E-state index contributed by atoms with van der Waals surface area (Å²) in [7, 11) is 0. The van der Waals surface area contributed by atoms with Gasteiger partial charge >= 0.3 is 0 Å². The number of rotatable bonds is 3. The lowest BCUT2D eigenvalue weighted by atomic mass is 10.2. The molecule has 0 rings (SSSR count). The number of hydrogen-bond donors (Lipinski definition) is 0. The van der Waals surface area contributed by atoms with Gasteiger partial charge in [-0.2, -0.15) is 0 Å². The van der Waals surface area contributed by atoms with Crippen molar-refractivity contribution in [3.05, 3.63) is 24.3 Å². The van der Waals surface area contributed by atoms with Crippen LogP contribution in [0.4, 0.5) is 0 Å². The van der Waals surface area contributed by atoms with E-state index in [1.54, 1.807) is 6.08 Å². The molecule has 0 unspecified atom stereocenters. The molecule has 0 saturated heterocycles. The Morgan fingerprint density at radius 1 is 1.38 bits per heavy atom. The van der Waals surface area contributed by atoms with Gasteiger partial charge < -0.3 is 0 Å². The van der Waals surface area contributed by atoms with E-state index in [1.165, 1.54) is 5.57 Å². The predicted octanol–water partition coefficient (Wildman–Crippen LogP) is 2.72. The summed E-state index contributed by atoms with van der Waals surface area (Å²) in [5.41, 5.74) is 1.37. The third kappa shape index (κ3) is 5.48. The van der Waals surface area contributed by atoms with Crippen molar-refractivity contribution >= 4 is 0 Å². The maximum absolute atomic E-state index is 5.16. The molecule has 45 valence electrons. The molecule has 0 aromatic heterocycles. The van der Waals surface area contributed by atoms with E-state index in [1.807, 2.05) is 0 Å². The first-order valence-electron chi connectivity index (χ1n) is 2.94. The van der Waals surface area contributed by atoms with E-state index in [0.29, 0.717) is 0 Å². The van der Waals surface area contributed by atoms with Crippen LogP contribution in [0.2, 0.25) is 0 Å². The minimum absolute atomic E-state index is 0.991. The van der Waals surface area contributed by atoms with Crippen molar-refractivity contribution in [1.82, 2.24) is 0 Å². The van der Waals surface area contributed by atoms with E-state index in [9.17, 15) is 0 Å². The molecule has 0 aromatic rings. The fraction of sp³-hybridized carbons (Fsp3) is 0.500. The quantitative estimate of drug-likeness (QED) is 0.386. The second-order valence-electron chi connectivity index (χ2n) is 2.09. The third-order valence-corrected chi connectivity index (χ3v) is 0.886. The average Bonchev–Trinajstić information content (AvgIpc) is 1.66. The first-order valence-corrected chi connectivity index (χ1v) is 2.94. The Labute approximate surface area is 51.9 Å². The molecule has 0 atom stereocenters. The molecule has 1 radical (unpaired) electrons. The molecule has 0 heteroatoms. The lowest BCUT2D eigenvalue weighted by Crippen LogP contribution is -1.65. The van der Waals surface area contributed by atoms with Gasteiger partial charge in [0.25, 0.3) is 0 Å². The fourth-order valence-corrected chi connectivity index (χ4v) is 0.468. The van der Waals surface area contributed by atoms with Crippen LogP contribution in [0, 0.1) is 6.58 Å². The van der Waals surface area contributed by atoms with Crippen LogP contribution >= 0.6 is 0 Å². The average molecular weight is 109 g/mol. The van der Waals surface area contributed by atoms with Crippen molar-refractivity contribution in [1.29, 1.82) is 0 Å². The molecule has 0 N–H and O–H groups in total. The molecule has 0 aromatic carbocycles. The molecule has 0 heterocycles. The molecular formula is C8H13. The Bertz CT molecular complexity index is 84.2. The van der Waals surface area contributed by atoms with Crippen LogP contribution in [-0.4, -0.2) is 0 Å². The molecule has 0 aliphatic heterocycles. The summed E-state index contributed by atoms with van der Waals surface area (Å²) in [4.78, 5) is 0. The van der Waals surface area contributed by atoms with Gasteiger partial charge in [-0.25, -0.2) is 0 Å². The molecular weight excluding hydrogens is 96.1 g/mol. The highest BCUT2D eigenvalue weighted by Crippen LogP contribution is 1.95. The normalized spacial score (nSPS) is 8.25. The smallest absolute Gasteiger partial charge is 0.0313 e. The largest absolute Gasteiger partial charge is 0.0856 e. The van der Waals surface area contributed by atoms with Gasteiger partial charge in [-0.3, -0.25) is 0 Å². The van der Waals surface area contributed by atoms with Gasteiger partial charge in [-0.15, -0.1) is 0 Å². The van der Waals surface area contributed by atoms with Crippen LogP contribution in [0.15, 0.2) is 17.7 Å². The van der Waals surface area contributed by atoms with E-state index < -0.39 is 0 Å². The summed E-state index contributed by atoms with van der Waals surface area (Å²) in [6.45, 7) is 9.35. The van der Waals surface area contributed by atoms with Crippen LogP contribution in [0.5, 0.6) is 0 Å². The van der Waals surface area contributed by atoms with Gasteiger partial charge in [0.15, 0.2) is 0 Å². The Balaban J connectivity index is 3.15. The van der Waals surface area contributed by atoms with Crippen LogP contribution in [0.3, 0.4) is 0 Å². The van der Waals surface area contributed by atoms with Crippen molar-refractivity contribution in [3.63, 3.8) is 0 Å². The number of allylic oxidation sites excluding steroid dienone is 3. The first-order chi connectivity index (χ1) is 3.77. The van der Waals surface area contributed by atoms with Gasteiger partial charge in [-0.1, -0.05) is 24.3 Å². The Morgan fingerprint density at radius 3 is 2.38 bits per heavy atom. The molecule has 0 fully saturated rings. The lowest BCUT2D eigenvalue weighted by molar-refractivity contribution is 1.04. The SMILES string of the molecule is [CH]=CCCC=C(C)C. The van der Waals surface area contributed by atoms with Gasteiger partial charge in [-0.05, 0) is 26.7 Å². The van der Waals surface area contributed by atoms with Crippen LogP contribution in [-0.2, 0) is 0 Å². The maximum Gasteiger partial charge on any atom is -0.0313 e. The monoisotopic (exact) mass is 109 g/mol. The van der Waals surface area contributed by atoms with Crippen molar-refractivity contribution < 1.29 is 0 Å². The second kappa shape index (κ2) is 4.63. The Morgan fingerprint density at radius 2 is 2.00 bits per heavy atom. The zero-order chi connectivity index (χ0) is 6.41. The molecule has 0 spiro atoms. The molecule has 0 nitrogen and oxygen atoms in total. The zero-order valence-corrected chi connectivity index (χ0v) is 5.65. The minimum atomic E-state index is 0.991. The summed E-state index contributed by atoms with van der Waals surface area (Å²) < 4.78 is 0. The topological polar surface area (TPSA) is 0 Å². The fourth-order valence-electron chi connectivity index (χ4n) is 0.468. The second-order valence-corrected chi connectivity index (χ2v) is 2.09. The maximum atomic E-state index is 5.16. The van der Waals surface area contributed by atoms with Gasteiger partial charge in [0.1, 0.15) is 0 Å². The highest BCUT2D eigenvalue weighted by atomic mass is 13.8. The van der Waals surface area contributed by atoms with Gasteiger partial charge in [0.05, 0.1) is 0 Å². The Kier molecular flexibility index (Phi) is 4.33. The highest BCUT2D eigenvalue weighted by Gasteiger charge is 1.75. The van der Waals surface area contributed by atoms with E-state index >= 15 is 0 Å².